The Morgan fingerprint density at radius 3 is 2.50 bits per heavy atom. The van der Waals surface area contributed by atoms with E-state index < -0.39 is 0 Å². The summed E-state index contributed by atoms with van der Waals surface area (Å²) in [6.45, 7) is 4.78. The monoisotopic (exact) mass is 336 g/mol. The van der Waals surface area contributed by atoms with E-state index in [4.69, 9.17) is 10.2 Å². The number of aryl methyl sites for hydroxylation is 1. The normalized spacial score (nSPS) is 14.5. The third-order valence-corrected chi connectivity index (χ3v) is 4.18. The van der Waals surface area contributed by atoms with Gasteiger partial charge in [-0.3, -0.25) is 4.90 Å². The van der Waals surface area contributed by atoms with Crippen LogP contribution in [0.5, 0.6) is 0 Å². The van der Waals surface area contributed by atoms with Gasteiger partial charge in [0.1, 0.15) is 11.5 Å². The van der Waals surface area contributed by atoms with Crippen LogP contribution in [0.4, 0.5) is 0 Å². The minimum absolute atomic E-state index is 0.00645. The molecule has 1 heterocycles. The van der Waals surface area contributed by atoms with Crippen molar-refractivity contribution in [3.05, 3.63) is 58.0 Å². The van der Waals surface area contributed by atoms with Crippen LogP contribution in [0, 0.1) is 6.92 Å². The van der Waals surface area contributed by atoms with Gasteiger partial charge >= 0.3 is 0 Å². The van der Waals surface area contributed by atoms with E-state index in [1.165, 1.54) is 5.56 Å². The van der Waals surface area contributed by atoms with Crippen molar-refractivity contribution in [2.75, 3.05) is 7.05 Å². The highest BCUT2D eigenvalue weighted by atomic mass is 79.9. The van der Waals surface area contributed by atoms with Gasteiger partial charge in [0.05, 0.1) is 6.04 Å². The molecule has 2 atom stereocenters. The summed E-state index contributed by atoms with van der Waals surface area (Å²) in [6, 6.07) is 12.3. The fourth-order valence-corrected chi connectivity index (χ4v) is 2.89. The standard InChI is InChI=1S/C16H21BrN2O/c1-11-8-9-15(20-11)16(12(2)18)19(3)10-13-6-4-5-7-14(13)17/h4-9,12,16H,10,18H2,1-3H3. The molecule has 3 nitrogen and oxygen atoms in total. The number of rotatable bonds is 5. The molecule has 0 bridgehead atoms. The van der Waals surface area contributed by atoms with E-state index in [0.29, 0.717) is 0 Å². The van der Waals surface area contributed by atoms with Crippen LogP contribution in [-0.2, 0) is 6.54 Å². The second-order valence-electron chi connectivity index (χ2n) is 5.26. The number of hydrogen-bond acceptors (Lipinski definition) is 3. The second kappa shape index (κ2) is 6.57. The van der Waals surface area contributed by atoms with Crippen molar-refractivity contribution in [2.24, 2.45) is 5.73 Å². The lowest BCUT2D eigenvalue weighted by molar-refractivity contribution is 0.182. The van der Waals surface area contributed by atoms with Crippen molar-refractivity contribution in [1.29, 1.82) is 0 Å². The molecule has 4 heteroatoms. The first kappa shape index (κ1) is 15.3. The zero-order valence-corrected chi connectivity index (χ0v) is 13.7. The summed E-state index contributed by atoms with van der Waals surface area (Å²) in [7, 11) is 2.07. The molecule has 2 rings (SSSR count). The van der Waals surface area contributed by atoms with Crippen molar-refractivity contribution in [2.45, 2.75) is 32.5 Å². The Labute approximate surface area is 128 Å². The third kappa shape index (κ3) is 3.51. The average Bonchev–Trinajstić information content (AvgIpc) is 2.78. The summed E-state index contributed by atoms with van der Waals surface area (Å²) in [5, 5.41) is 0. The topological polar surface area (TPSA) is 42.4 Å². The van der Waals surface area contributed by atoms with Crippen molar-refractivity contribution in [3.63, 3.8) is 0 Å². The van der Waals surface area contributed by atoms with Crippen LogP contribution in [0.25, 0.3) is 0 Å². The Morgan fingerprint density at radius 2 is 1.95 bits per heavy atom. The molecular formula is C16H21BrN2O. The summed E-state index contributed by atoms with van der Waals surface area (Å²) in [4.78, 5) is 2.23. The molecule has 0 aliphatic rings. The lowest BCUT2D eigenvalue weighted by Gasteiger charge is -2.29. The molecule has 0 aliphatic carbocycles. The molecule has 0 saturated heterocycles. The fraction of sp³-hybridized carbons (Fsp3) is 0.375. The Bertz CT molecular complexity index is 565. The van der Waals surface area contributed by atoms with Crippen molar-refractivity contribution in [1.82, 2.24) is 4.90 Å². The van der Waals surface area contributed by atoms with Gasteiger partial charge in [0.15, 0.2) is 0 Å². The number of hydrogen-bond donors (Lipinski definition) is 1. The maximum Gasteiger partial charge on any atom is 0.122 e. The van der Waals surface area contributed by atoms with Gasteiger partial charge in [-0.25, -0.2) is 0 Å². The molecule has 0 saturated carbocycles. The summed E-state index contributed by atoms with van der Waals surface area (Å²) in [6.07, 6.45) is 0. The lowest BCUT2D eigenvalue weighted by Crippen LogP contribution is -2.36. The summed E-state index contributed by atoms with van der Waals surface area (Å²) >= 11 is 3.59. The number of benzene rings is 1. The number of nitrogens with two attached hydrogens (primary N) is 1. The Morgan fingerprint density at radius 1 is 1.25 bits per heavy atom. The van der Waals surface area contributed by atoms with E-state index >= 15 is 0 Å². The van der Waals surface area contributed by atoms with E-state index in [9.17, 15) is 0 Å². The molecule has 20 heavy (non-hydrogen) atoms. The van der Waals surface area contributed by atoms with E-state index in [1.807, 2.05) is 38.1 Å². The van der Waals surface area contributed by atoms with Gasteiger partial charge in [0.2, 0.25) is 0 Å². The lowest BCUT2D eigenvalue weighted by atomic mass is 10.1. The van der Waals surface area contributed by atoms with Gasteiger partial charge < -0.3 is 10.2 Å². The number of nitrogens with zero attached hydrogens (tertiary/aromatic N) is 1. The number of halogens is 1. The maximum absolute atomic E-state index is 6.16. The highest BCUT2D eigenvalue weighted by molar-refractivity contribution is 9.10. The Kier molecular flexibility index (Phi) is 5.02. The van der Waals surface area contributed by atoms with Crippen LogP contribution in [0.15, 0.2) is 45.3 Å². The van der Waals surface area contributed by atoms with Crippen LogP contribution in [0.3, 0.4) is 0 Å². The highest BCUT2D eigenvalue weighted by Crippen LogP contribution is 2.27. The van der Waals surface area contributed by atoms with Gasteiger partial charge in [-0.15, -0.1) is 0 Å². The summed E-state index contributed by atoms with van der Waals surface area (Å²) in [5.41, 5.74) is 7.40. The van der Waals surface area contributed by atoms with Crippen LogP contribution >= 0.6 is 15.9 Å². The van der Waals surface area contributed by atoms with E-state index in [1.54, 1.807) is 0 Å². The van der Waals surface area contributed by atoms with Gasteiger partial charge in [0.25, 0.3) is 0 Å². The molecule has 1 aromatic heterocycles. The first-order valence-corrected chi connectivity index (χ1v) is 7.54. The van der Waals surface area contributed by atoms with Crippen molar-refractivity contribution >= 4 is 15.9 Å². The van der Waals surface area contributed by atoms with E-state index in [0.717, 1.165) is 22.5 Å². The molecule has 0 spiro atoms. The molecule has 0 fully saturated rings. The van der Waals surface area contributed by atoms with Crippen LogP contribution in [0.2, 0.25) is 0 Å². The minimum Gasteiger partial charge on any atom is -0.465 e. The molecule has 2 unspecified atom stereocenters. The third-order valence-electron chi connectivity index (χ3n) is 3.40. The van der Waals surface area contributed by atoms with E-state index in [-0.39, 0.29) is 12.1 Å². The molecule has 1 aromatic carbocycles. The van der Waals surface area contributed by atoms with Crippen LogP contribution < -0.4 is 5.73 Å². The largest absolute Gasteiger partial charge is 0.465 e. The molecule has 0 radical (unpaired) electrons. The van der Waals surface area contributed by atoms with Crippen LogP contribution in [0.1, 0.15) is 30.0 Å². The Balaban J connectivity index is 2.20. The molecular weight excluding hydrogens is 316 g/mol. The number of furan rings is 1. The predicted molar refractivity (Wildman–Crippen MR) is 85.4 cm³/mol. The van der Waals surface area contributed by atoms with Gasteiger partial charge in [0, 0.05) is 17.1 Å². The maximum atomic E-state index is 6.16. The Hall–Kier alpha value is -1.10. The van der Waals surface area contributed by atoms with Gasteiger partial charge in [-0.1, -0.05) is 34.1 Å². The summed E-state index contributed by atoms with van der Waals surface area (Å²) < 4.78 is 6.88. The number of likely N-dealkylation sites (N-methyl/N-ethyl adjacent to an activating group) is 1. The van der Waals surface area contributed by atoms with Crippen molar-refractivity contribution in [3.8, 4) is 0 Å². The molecule has 0 aliphatic heterocycles. The average molecular weight is 337 g/mol. The zero-order chi connectivity index (χ0) is 14.7. The molecule has 0 amide bonds. The predicted octanol–water partition coefficient (Wildman–Crippen LogP) is 3.87. The van der Waals surface area contributed by atoms with Gasteiger partial charge in [-0.05, 0) is 44.7 Å². The summed E-state index contributed by atoms with van der Waals surface area (Å²) in [5.74, 6) is 1.84. The van der Waals surface area contributed by atoms with Gasteiger partial charge in [-0.2, -0.15) is 0 Å². The first-order chi connectivity index (χ1) is 9.49. The van der Waals surface area contributed by atoms with Crippen molar-refractivity contribution < 1.29 is 4.42 Å². The molecule has 2 N–H and O–H groups in total. The minimum atomic E-state index is -0.00645. The zero-order valence-electron chi connectivity index (χ0n) is 12.1. The second-order valence-corrected chi connectivity index (χ2v) is 6.11. The molecule has 2 aromatic rings. The molecule has 108 valence electrons. The quantitative estimate of drug-likeness (QED) is 0.901. The fourth-order valence-electron chi connectivity index (χ4n) is 2.48. The van der Waals surface area contributed by atoms with Crippen LogP contribution in [-0.4, -0.2) is 18.0 Å². The smallest absolute Gasteiger partial charge is 0.122 e. The highest BCUT2D eigenvalue weighted by Gasteiger charge is 2.24. The SMILES string of the molecule is Cc1ccc(C(C(C)N)N(C)Cc2ccccc2Br)o1. The van der Waals surface area contributed by atoms with E-state index in [2.05, 4.69) is 40.0 Å². The first-order valence-electron chi connectivity index (χ1n) is 6.74.